The molecule has 0 aliphatic carbocycles. The molecule has 1 aromatic heterocycles. The number of carbonyl (C=O) groups excluding carboxylic acids is 2. The van der Waals surface area contributed by atoms with Crippen LogP contribution in [0.1, 0.15) is 48.4 Å². The third-order valence-electron chi connectivity index (χ3n) is 5.62. The van der Waals surface area contributed by atoms with E-state index in [1.165, 1.54) is 0 Å². The molecule has 30 heavy (non-hydrogen) atoms. The molecule has 7 heteroatoms. The summed E-state index contributed by atoms with van der Waals surface area (Å²) in [4.78, 5) is 47.5. The van der Waals surface area contributed by atoms with Crippen LogP contribution in [0.3, 0.4) is 0 Å². The second-order valence-corrected chi connectivity index (χ2v) is 7.96. The van der Waals surface area contributed by atoms with E-state index in [1.807, 2.05) is 37.3 Å². The zero-order valence-electron chi connectivity index (χ0n) is 17.4. The van der Waals surface area contributed by atoms with Gasteiger partial charge in [-0.25, -0.2) is 4.98 Å². The van der Waals surface area contributed by atoms with Gasteiger partial charge in [0.25, 0.3) is 11.3 Å². The Morgan fingerprint density at radius 1 is 1.10 bits per heavy atom. The number of carbonyl (C=O) groups is 2. The molecule has 154 valence electrons. The van der Waals surface area contributed by atoms with Crippen LogP contribution in [0, 0.1) is 0 Å². The van der Waals surface area contributed by atoms with E-state index in [0.717, 1.165) is 10.5 Å². The van der Waals surface area contributed by atoms with Crippen molar-refractivity contribution in [3.05, 3.63) is 69.8 Å². The predicted octanol–water partition coefficient (Wildman–Crippen LogP) is 1.64. The smallest absolute Gasteiger partial charge is 0.303 e. The van der Waals surface area contributed by atoms with Crippen molar-refractivity contribution in [3.63, 3.8) is 0 Å². The molecular formula is C23H25N4O3+. The molecule has 2 N–H and O–H groups in total. The van der Waals surface area contributed by atoms with E-state index in [0.29, 0.717) is 47.7 Å². The quantitative estimate of drug-likeness (QED) is 0.611. The van der Waals surface area contributed by atoms with Crippen molar-refractivity contribution in [1.82, 2.24) is 9.97 Å². The third-order valence-corrected chi connectivity index (χ3v) is 5.62. The van der Waals surface area contributed by atoms with Crippen molar-refractivity contribution in [3.8, 4) is 0 Å². The second-order valence-electron chi connectivity index (χ2n) is 7.96. The average Bonchev–Trinajstić information content (AvgIpc) is 2.97. The zero-order valence-corrected chi connectivity index (χ0v) is 17.4. The van der Waals surface area contributed by atoms with Crippen LogP contribution >= 0.6 is 0 Å². The fraction of sp³-hybridized carbons (Fsp3) is 0.304. The largest absolute Gasteiger partial charge is 0.311 e. The molecule has 1 amide bonds. The van der Waals surface area contributed by atoms with Gasteiger partial charge in [0, 0.05) is 0 Å². The lowest BCUT2D eigenvalue weighted by molar-refractivity contribution is -0.911. The van der Waals surface area contributed by atoms with Gasteiger partial charge in [-0.2, -0.15) is 0 Å². The lowest BCUT2D eigenvalue weighted by atomic mass is 9.99. The van der Waals surface area contributed by atoms with Gasteiger partial charge in [0.2, 0.25) is 0 Å². The molecular weight excluding hydrogens is 380 g/mol. The first-order valence-corrected chi connectivity index (χ1v) is 10.2. The van der Waals surface area contributed by atoms with Crippen LogP contribution in [-0.4, -0.2) is 34.9 Å². The lowest BCUT2D eigenvalue weighted by Gasteiger charge is -2.24. The molecule has 0 saturated heterocycles. The number of aromatic nitrogens is 2. The van der Waals surface area contributed by atoms with Crippen LogP contribution in [-0.2, 0) is 11.3 Å². The fourth-order valence-electron chi connectivity index (χ4n) is 3.81. The first kappa shape index (κ1) is 20.0. The Hall–Kier alpha value is -3.32. The molecule has 1 unspecified atom stereocenters. The Morgan fingerprint density at radius 3 is 2.60 bits per heavy atom. The predicted molar refractivity (Wildman–Crippen MR) is 115 cm³/mol. The highest BCUT2D eigenvalue weighted by Crippen LogP contribution is 2.31. The van der Waals surface area contributed by atoms with Gasteiger partial charge in [-0.1, -0.05) is 32.0 Å². The van der Waals surface area contributed by atoms with Gasteiger partial charge in [-0.15, -0.1) is 0 Å². The van der Waals surface area contributed by atoms with Crippen molar-refractivity contribution in [1.29, 1.82) is 0 Å². The Kier molecular flexibility index (Phi) is 5.22. The molecule has 2 heterocycles. The number of rotatable bonds is 6. The summed E-state index contributed by atoms with van der Waals surface area (Å²) < 4.78 is 0. The van der Waals surface area contributed by atoms with Crippen molar-refractivity contribution in [2.24, 2.45) is 0 Å². The van der Waals surface area contributed by atoms with E-state index in [1.54, 1.807) is 17.0 Å². The van der Waals surface area contributed by atoms with E-state index in [9.17, 15) is 14.4 Å². The van der Waals surface area contributed by atoms with Gasteiger partial charge in [0.1, 0.15) is 6.54 Å². The molecule has 1 aliphatic heterocycles. The highest BCUT2D eigenvalue weighted by molar-refractivity contribution is 6.52. The summed E-state index contributed by atoms with van der Waals surface area (Å²) in [7, 11) is 0. The van der Waals surface area contributed by atoms with Crippen LogP contribution in [0.2, 0.25) is 0 Å². The monoisotopic (exact) mass is 405 g/mol. The normalized spacial score (nSPS) is 14.6. The molecule has 7 nitrogen and oxygen atoms in total. The minimum absolute atomic E-state index is 0.176. The summed E-state index contributed by atoms with van der Waals surface area (Å²) in [5.74, 6) is -0.123. The van der Waals surface area contributed by atoms with Crippen LogP contribution in [0.5, 0.6) is 0 Å². The van der Waals surface area contributed by atoms with Gasteiger partial charge in [-0.05, 0) is 42.7 Å². The topological polar surface area (TPSA) is 87.6 Å². The standard InChI is InChI=1S/C23H24N4O3/c1-4-26(12-20-24-18-8-6-5-7-16(18)22(29)25-20)13-27-19-10-9-15(14(2)3)11-17(19)21(28)23(27)30/h5-11,14H,4,12-13H2,1-3H3,(H,24,25,29)/p+1. The number of anilines is 1. The fourth-order valence-corrected chi connectivity index (χ4v) is 3.81. The summed E-state index contributed by atoms with van der Waals surface area (Å²) in [6.07, 6.45) is 0. The van der Waals surface area contributed by atoms with Gasteiger partial charge < -0.3 is 9.88 Å². The Labute approximate surface area is 174 Å². The lowest BCUT2D eigenvalue weighted by Crippen LogP contribution is -3.12. The first-order chi connectivity index (χ1) is 14.4. The minimum Gasteiger partial charge on any atom is -0.311 e. The van der Waals surface area contributed by atoms with E-state index in [4.69, 9.17) is 0 Å². The molecule has 0 fully saturated rings. The van der Waals surface area contributed by atoms with Gasteiger partial charge >= 0.3 is 5.91 Å². The van der Waals surface area contributed by atoms with Crippen LogP contribution in [0.15, 0.2) is 47.3 Å². The molecule has 0 radical (unpaired) electrons. The van der Waals surface area contributed by atoms with Gasteiger partial charge in [-0.3, -0.25) is 19.3 Å². The molecule has 0 spiro atoms. The number of Topliss-reactive ketones (excluding diaryl/α,β-unsaturated/α-hetero) is 1. The number of ketones is 1. The van der Waals surface area contributed by atoms with Crippen LogP contribution < -0.4 is 15.4 Å². The third kappa shape index (κ3) is 3.52. The summed E-state index contributed by atoms with van der Waals surface area (Å²) in [6.45, 7) is 7.58. The highest BCUT2D eigenvalue weighted by Gasteiger charge is 2.38. The minimum atomic E-state index is -0.503. The number of nitrogens with zero attached hydrogens (tertiary/aromatic N) is 2. The summed E-state index contributed by atoms with van der Waals surface area (Å²) in [5, 5.41) is 0.550. The molecule has 1 atom stereocenters. The number of amides is 1. The number of benzene rings is 2. The number of hydrogen-bond donors (Lipinski definition) is 2. The van der Waals surface area contributed by atoms with Crippen LogP contribution in [0.4, 0.5) is 5.69 Å². The molecule has 0 bridgehead atoms. The van der Waals surface area contributed by atoms with Crippen LogP contribution in [0.25, 0.3) is 10.9 Å². The Balaban J connectivity index is 1.60. The molecule has 3 aromatic rings. The molecule has 0 saturated carbocycles. The molecule has 1 aliphatic rings. The number of H-pyrrole nitrogens is 1. The van der Waals surface area contributed by atoms with E-state index in [-0.39, 0.29) is 11.5 Å². The summed E-state index contributed by atoms with van der Waals surface area (Å²) in [5.41, 5.74) is 2.63. The number of quaternary nitrogens is 1. The highest BCUT2D eigenvalue weighted by atomic mass is 16.2. The Morgan fingerprint density at radius 2 is 1.87 bits per heavy atom. The average molecular weight is 405 g/mol. The Bertz CT molecular complexity index is 1200. The summed E-state index contributed by atoms with van der Waals surface area (Å²) >= 11 is 0. The second kappa shape index (κ2) is 7.84. The van der Waals surface area contributed by atoms with Crippen molar-refractivity contribution >= 4 is 28.3 Å². The first-order valence-electron chi connectivity index (χ1n) is 10.2. The van der Waals surface area contributed by atoms with Crippen molar-refractivity contribution < 1.29 is 14.5 Å². The summed E-state index contributed by atoms with van der Waals surface area (Å²) in [6, 6.07) is 12.9. The van der Waals surface area contributed by atoms with E-state index in [2.05, 4.69) is 23.8 Å². The van der Waals surface area contributed by atoms with Gasteiger partial charge in [0.15, 0.2) is 12.5 Å². The SMILES string of the molecule is CC[NH+](Cc1nc2ccccc2c(=O)[nH]1)CN1C(=O)C(=O)c2cc(C(C)C)ccc21. The van der Waals surface area contributed by atoms with E-state index < -0.39 is 11.7 Å². The maximum atomic E-state index is 12.7. The number of aromatic amines is 1. The van der Waals surface area contributed by atoms with Gasteiger partial charge in [0.05, 0.1) is 28.7 Å². The van der Waals surface area contributed by atoms with E-state index >= 15 is 0 Å². The number of nitrogens with one attached hydrogen (secondary N) is 2. The maximum absolute atomic E-state index is 12.7. The van der Waals surface area contributed by atoms with Crippen molar-refractivity contribution in [2.75, 3.05) is 18.1 Å². The zero-order chi connectivity index (χ0) is 21.4. The maximum Gasteiger partial charge on any atom is 0.303 e. The van der Waals surface area contributed by atoms with Crippen molar-refractivity contribution in [2.45, 2.75) is 33.2 Å². The molecule has 4 rings (SSSR count). The number of hydrogen-bond acceptors (Lipinski definition) is 4. The number of para-hydroxylation sites is 1. The number of fused-ring (bicyclic) bond motifs is 2. The molecule has 2 aromatic carbocycles.